The summed E-state index contributed by atoms with van der Waals surface area (Å²) in [6.07, 6.45) is 0. The number of carbonyl (C=O) groups excluding carboxylic acids is 2. The van der Waals surface area contributed by atoms with Crippen molar-refractivity contribution in [1.82, 2.24) is 4.90 Å². The number of esters is 1. The van der Waals surface area contributed by atoms with E-state index in [9.17, 15) is 9.59 Å². The smallest absolute Gasteiger partial charge is 0.341 e. The van der Waals surface area contributed by atoms with Crippen molar-refractivity contribution in [3.05, 3.63) is 65.7 Å². The van der Waals surface area contributed by atoms with Gasteiger partial charge in [-0.05, 0) is 30.4 Å². The van der Waals surface area contributed by atoms with Gasteiger partial charge in [0.15, 0.2) is 5.11 Å². The third-order valence-electron chi connectivity index (χ3n) is 4.21. The molecule has 2 aromatic rings. The van der Waals surface area contributed by atoms with Gasteiger partial charge in [0.25, 0.3) is 5.72 Å². The van der Waals surface area contributed by atoms with Gasteiger partial charge in [0.1, 0.15) is 0 Å². The summed E-state index contributed by atoms with van der Waals surface area (Å²) < 4.78 is 5.54. The zero-order chi connectivity index (χ0) is 16.2. The molecular weight excluding hydrogens is 312 g/mol. The van der Waals surface area contributed by atoms with Gasteiger partial charge in [-0.2, -0.15) is 0 Å². The number of anilines is 1. The van der Waals surface area contributed by atoms with Crippen LogP contribution in [0.3, 0.4) is 0 Å². The molecule has 2 heterocycles. The van der Waals surface area contributed by atoms with Crippen molar-refractivity contribution in [2.75, 3.05) is 11.9 Å². The van der Waals surface area contributed by atoms with Crippen molar-refractivity contribution in [2.24, 2.45) is 0 Å². The van der Waals surface area contributed by atoms with E-state index in [0.717, 1.165) is 0 Å². The van der Waals surface area contributed by atoms with Crippen LogP contribution in [0.5, 0.6) is 0 Å². The molecule has 2 aromatic carbocycles. The van der Waals surface area contributed by atoms with Crippen LogP contribution in [0.15, 0.2) is 54.6 Å². The Bertz CT molecular complexity index is 852. The van der Waals surface area contributed by atoms with E-state index in [4.69, 9.17) is 17.0 Å². The number of nitrogens with zero attached hydrogens (tertiary/aromatic N) is 2. The van der Waals surface area contributed by atoms with Gasteiger partial charge in [0, 0.05) is 12.6 Å². The predicted molar refractivity (Wildman–Crippen MR) is 87.8 cm³/mol. The van der Waals surface area contributed by atoms with Crippen LogP contribution in [0.2, 0.25) is 0 Å². The summed E-state index contributed by atoms with van der Waals surface area (Å²) >= 11 is 5.44. The fourth-order valence-corrected chi connectivity index (χ4v) is 3.40. The minimum atomic E-state index is -1.51. The zero-order valence-corrected chi connectivity index (χ0v) is 13.0. The Hall–Kier alpha value is -2.73. The number of amides is 1. The summed E-state index contributed by atoms with van der Waals surface area (Å²) in [7, 11) is 1.67. The third kappa shape index (κ3) is 1.64. The van der Waals surface area contributed by atoms with Crippen LogP contribution < -0.4 is 4.90 Å². The molecule has 6 heteroatoms. The van der Waals surface area contributed by atoms with Crippen LogP contribution in [0.1, 0.15) is 15.9 Å². The topological polar surface area (TPSA) is 49.9 Å². The first-order valence-electron chi connectivity index (χ1n) is 7.07. The van der Waals surface area contributed by atoms with E-state index in [1.807, 2.05) is 18.2 Å². The molecule has 2 aliphatic heterocycles. The number of benzene rings is 2. The Morgan fingerprint density at radius 3 is 2.39 bits per heavy atom. The summed E-state index contributed by atoms with van der Waals surface area (Å²) in [5.74, 6) is -0.895. The molecule has 0 aromatic heterocycles. The summed E-state index contributed by atoms with van der Waals surface area (Å²) in [5, 5.41) is 0.297. The lowest BCUT2D eigenvalue weighted by molar-refractivity contribution is -0.144. The Morgan fingerprint density at radius 2 is 1.65 bits per heavy atom. The molecule has 0 radical (unpaired) electrons. The molecule has 0 saturated carbocycles. The number of likely N-dealkylation sites (N-methyl/N-ethyl adjacent to an activating group) is 1. The number of para-hydroxylation sites is 1. The summed E-state index contributed by atoms with van der Waals surface area (Å²) in [6.45, 7) is 0. The van der Waals surface area contributed by atoms with Crippen LogP contribution in [0, 0.1) is 0 Å². The molecule has 0 bridgehead atoms. The highest BCUT2D eigenvalue weighted by molar-refractivity contribution is 7.80. The summed E-state index contributed by atoms with van der Waals surface area (Å²) in [4.78, 5) is 28.3. The molecule has 1 fully saturated rings. The van der Waals surface area contributed by atoms with E-state index in [2.05, 4.69) is 0 Å². The first-order chi connectivity index (χ1) is 11.1. The standard InChI is InChI=1S/C17H12N2O3S/c1-18-16(23)19(11-7-3-2-4-8-11)15(21)17(18)13-10-6-5-9-12(13)14(20)22-17/h2-10H,1H3. The molecule has 0 N–H and O–H groups in total. The van der Waals surface area contributed by atoms with Gasteiger partial charge in [0.05, 0.1) is 11.3 Å². The Kier molecular flexibility index (Phi) is 2.80. The maximum Gasteiger partial charge on any atom is 0.341 e. The number of hydrogen-bond acceptors (Lipinski definition) is 4. The van der Waals surface area contributed by atoms with E-state index in [1.54, 1.807) is 48.3 Å². The van der Waals surface area contributed by atoms with Gasteiger partial charge in [-0.3, -0.25) is 9.69 Å². The number of thiocarbonyl (C=S) groups is 1. The molecule has 4 rings (SSSR count). The third-order valence-corrected chi connectivity index (χ3v) is 4.67. The first kappa shape index (κ1) is 13.9. The number of ether oxygens (including phenoxy) is 1. The fraction of sp³-hybridized carbons (Fsp3) is 0.118. The first-order valence-corrected chi connectivity index (χ1v) is 7.48. The number of fused-ring (bicyclic) bond motifs is 2. The van der Waals surface area contributed by atoms with Crippen LogP contribution in [0.4, 0.5) is 5.69 Å². The number of rotatable bonds is 1. The van der Waals surface area contributed by atoms with E-state index < -0.39 is 11.7 Å². The van der Waals surface area contributed by atoms with Crippen molar-refractivity contribution in [2.45, 2.75) is 5.72 Å². The maximum absolute atomic E-state index is 13.2. The van der Waals surface area contributed by atoms with Gasteiger partial charge in [-0.15, -0.1) is 0 Å². The van der Waals surface area contributed by atoms with Crippen LogP contribution in [0.25, 0.3) is 0 Å². The molecule has 2 aliphatic rings. The fourth-order valence-electron chi connectivity index (χ4n) is 3.08. The minimum absolute atomic E-state index is 0.297. The van der Waals surface area contributed by atoms with Crippen molar-refractivity contribution >= 4 is 34.9 Å². The van der Waals surface area contributed by atoms with E-state index >= 15 is 0 Å². The monoisotopic (exact) mass is 324 g/mol. The lowest BCUT2D eigenvalue weighted by Gasteiger charge is -2.27. The predicted octanol–water partition coefficient (Wildman–Crippen LogP) is 2.27. The summed E-state index contributed by atoms with van der Waals surface area (Å²) in [5.41, 5.74) is 0.0518. The zero-order valence-electron chi connectivity index (χ0n) is 12.2. The lowest BCUT2D eigenvalue weighted by atomic mass is 9.99. The van der Waals surface area contributed by atoms with Crippen molar-refractivity contribution in [3.63, 3.8) is 0 Å². The molecule has 1 atom stereocenters. The molecule has 114 valence electrons. The van der Waals surface area contributed by atoms with Crippen molar-refractivity contribution in [1.29, 1.82) is 0 Å². The molecule has 1 saturated heterocycles. The van der Waals surface area contributed by atoms with E-state index in [0.29, 0.717) is 21.9 Å². The second kappa shape index (κ2) is 4.63. The van der Waals surface area contributed by atoms with Gasteiger partial charge < -0.3 is 9.64 Å². The number of hydrogen-bond donors (Lipinski definition) is 0. The minimum Gasteiger partial charge on any atom is -0.421 e. The average molecular weight is 324 g/mol. The highest BCUT2D eigenvalue weighted by Gasteiger charge is 2.63. The SMILES string of the molecule is CN1C(=S)N(c2ccccc2)C(=O)C12OC(=O)c1ccccc12. The van der Waals surface area contributed by atoms with Crippen molar-refractivity contribution in [3.8, 4) is 0 Å². The molecule has 1 unspecified atom stereocenters. The van der Waals surface area contributed by atoms with E-state index in [-0.39, 0.29) is 5.91 Å². The second-order valence-electron chi connectivity index (χ2n) is 5.40. The van der Waals surface area contributed by atoms with Crippen LogP contribution in [-0.2, 0) is 15.3 Å². The molecule has 5 nitrogen and oxygen atoms in total. The van der Waals surface area contributed by atoms with Gasteiger partial charge >= 0.3 is 11.9 Å². The van der Waals surface area contributed by atoms with Crippen LogP contribution in [-0.4, -0.2) is 28.9 Å². The van der Waals surface area contributed by atoms with Crippen LogP contribution >= 0.6 is 12.2 Å². The van der Waals surface area contributed by atoms with Gasteiger partial charge in [0.2, 0.25) is 0 Å². The summed E-state index contributed by atoms with van der Waals surface area (Å²) in [6, 6.07) is 16.0. The molecule has 1 spiro atoms. The number of carbonyl (C=O) groups is 2. The Labute approximate surface area is 138 Å². The largest absolute Gasteiger partial charge is 0.421 e. The lowest BCUT2D eigenvalue weighted by Crippen LogP contribution is -2.45. The van der Waals surface area contributed by atoms with Crippen molar-refractivity contribution < 1.29 is 14.3 Å². The maximum atomic E-state index is 13.2. The Balaban J connectivity index is 1.91. The highest BCUT2D eigenvalue weighted by atomic mass is 32.1. The average Bonchev–Trinajstić information content (AvgIpc) is 2.98. The Morgan fingerprint density at radius 1 is 1.00 bits per heavy atom. The normalized spacial score (nSPS) is 22.7. The molecule has 23 heavy (non-hydrogen) atoms. The highest BCUT2D eigenvalue weighted by Crippen LogP contribution is 2.45. The molecule has 1 amide bonds. The van der Waals surface area contributed by atoms with Gasteiger partial charge in [-0.1, -0.05) is 36.4 Å². The second-order valence-corrected chi connectivity index (χ2v) is 5.76. The molecular formula is C17H12N2O3S. The quantitative estimate of drug-likeness (QED) is 0.595. The van der Waals surface area contributed by atoms with Gasteiger partial charge in [-0.25, -0.2) is 4.79 Å². The molecule has 0 aliphatic carbocycles. The van der Waals surface area contributed by atoms with E-state index in [1.165, 1.54) is 4.90 Å².